The molecular formula is C21H22ClIN2OS. The van der Waals surface area contributed by atoms with Crippen molar-refractivity contribution in [1.29, 1.82) is 0 Å². The fourth-order valence-corrected chi connectivity index (χ4v) is 6.27. The Hall–Kier alpha value is -0.920. The molecule has 2 aromatic heterocycles. The van der Waals surface area contributed by atoms with Crippen LogP contribution < -0.4 is 0 Å². The van der Waals surface area contributed by atoms with Crippen molar-refractivity contribution in [2.75, 3.05) is 6.26 Å². The van der Waals surface area contributed by atoms with E-state index in [0.717, 1.165) is 18.0 Å². The third-order valence-electron chi connectivity index (χ3n) is 5.59. The van der Waals surface area contributed by atoms with E-state index in [1.54, 1.807) is 6.26 Å². The summed E-state index contributed by atoms with van der Waals surface area (Å²) in [5.41, 5.74) is 3.34. The zero-order valence-electron chi connectivity index (χ0n) is 15.2. The molecule has 0 amide bonds. The van der Waals surface area contributed by atoms with Gasteiger partial charge in [0, 0.05) is 33.0 Å². The van der Waals surface area contributed by atoms with Gasteiger partial charge >= 0.3 is 0 Å². The number of H-pyrrole nitrogens is 1. The van der Waals surface area contributed by atoms with Crippen LogP contribution in [0, 0.1) is 9.49 Å². The lowest BCUT2D eigenvalue weighted by atomic mass is 9.85. The molecule has 4 rings (SSSR count). The van der Waals surface area contributed by atoms with Crippen molar-refractivity contribution in [2.45, 2.75) is 42.9 Å². The molecule has 0 saturated heterocycles. The molecule has 1 aliphatic carbocycles. The summed E-state index contributed by atoms with van der Waals surface area (Å²) in [5, 5.41) is 1.76. The number of nitrogens with zero attached hydrogens (tertiary/aromatic N) is 1. The van der Waals surface area contributed by atoms with Gasteiger partial charge in [0.1, 0.15) is 5.65 Å². The number of aromatic nitrogens is 2. The maximum absolute atomic E-state index is 11.9. The number of halogens is 2. The molecule has 142 valence electrons. The van der Waals surface area contributed by atoms with Crippen molar-refractivity contribution in [2.24, 2.45) is 5.92 Å². The maximum atomic E-state index is 11.9. The summed E-state index contributed by atoms with van der Waals surface area (Å²) in [5.74, 6) is 0.981. The SMILES string of the molecule is CS(=O)c1ccc(C(CC2CCCC2)c2[nH]c3ncccc3c2I)cc1Cl. The molecule has 6 heteroatoms. The van der Waals surface area contributed by atoms with E-state index in [1.807, 2.05) is 24.4 Å². The molecule has 0 aliphatic heterocycles. The van der Waals surface area contributed by atoms with Crippen LogP contribution in [-0.2, 0) is 10.8 Å². The first-order valence-corrected chi connectivity index (χ1v) is 12.3. The van der Waals surface area contributed by atoms with Crippen molar-refractivity contribution >= 4 is 56.0 Å². The van der Waals surface area contributed by atoms with Crippen LogP contribution in [0.1, 0.15) is 49.3 Å². The largest absolute Gasteiger partial charge is 0.342 e. The lowest BCUT2D eigenvalue weighted by molar-refractivity contribution is 0.469. The summed E-state index contributed by atoms with van der Waals surface area (Å²) in [6.07, 6.45) is 9.87. The number of hydrogen-bond acceptors (Lipinski definition) is 2. The summed E-state index contributed by atoms with van der Waals surface area (Å²) in [7, 11) is -1.08. The summed E-state index contributed by atoms with van der Waals surface area (Å²) in [4.78, 5) is 8.77. The van der Waals surface area contributed by atoms with Gasteiger partial charge in [-0.25, -0.2) is 4.98 Å². The Balaban J connectivity index is 1.80. The number of aromatic amines is 1. The minimum Gasteiger partial charge on any atom is -0.342 e. The highest BCUT2D eigenvalue weighted by atomic mass is 127. The van der Waals surface area contributed by atoms with Crippen LogP contribution in [0.3, 0.4) is 0 Å². The standard InChI is InChI=1S/C21H22ClIN2OS/c1-27(26)18-9-8-14(12-17(18)22)16(11-13-5-2-3-6-13)20-19(23)15-7-4-10-24-21(15)25-20/h4,7-10,12-13,16H,2-3,5-6,11H2,1H3,(H,24,25). The molecule has 0 radical (unpaired) electrons. The van der Waals surface area contributed by atoms with Crippen molar-refractivity contribution in [3.05, 3.63) is 56.4 Å². The molecule has 0 spiro atoms. The second-order valence-electron chi connectivity index (χ2n) is 7.33. The third kappa shape index (κ3) is 3.96. The van der Waals surface area contributed by atoms with Crippen LogP contribution in [0.15, 0.2) is 41.4 Å². The van der Waals surface area contributed by atoms with Gasteiger partial charge in [0.2, 0.25) is 0 Å². The fraction of sp³-hybridized carbons (Fsp3) is 0.381. The summed E-state index contributed by atoms with van der Waals surface area (Å²) >= 11 is 8.91. The monoisotopic (exact) mass is 512 g/mol. The molecular weight excluding hydrogens is 491 g/mol. The molecule has 1 fully saturated rings. The second kappa shape index (κ2) is 8.21. The minimum atomic E-state index is -1.08. The average molecular weight is 513 g/mol. The first kappa shape index (κ1) is 19.4. The van der Waals surface area contributed by atoms with Gasteiger partial charge in [-0.3, -0.25) is 4.21 Å². The minimum absolute atomic E-state index is 0.242. The van der Waals surface area contributed by atoms with E-state index in [4.69, 9.17) is 11.6 Å². The number of nitrogens with one attached hydrogen (secondary N) is 1. The molecule has 1 aliphatic rings. The van der Waals surface area contributed by atoms with E-state index in [0.29, 0.717) is 9.92 Å². The molecule has 3 aromatic rings. The second-order valence-corrected chi connectivity index (χ2v) is 10.2. The first-order valence-electron chi connectivity index (χ1n) is 9.29. The lowest BCUT2D eigenvalue weighted by Crippen LogP contribution is -2.09. The van der Waals surface area contributed by atoms with Crippen molar-refractivity contribution in [3.63, 3.8) is 0 Å². The number of rotatable bonds is 5. The van der Waals surface area contributed by atoms with Gasteiger partial charge in [-0.1, -0.05) is 43.4 Å². The lowest BCUT2D eigenvalue weighted by Gasteiger charge is -2.21. The van der Waals surface area contributed by atoms with E-state index in [-0.39, 0.29) is 5.92 Å². The highest BCUT2D eigenvalue weighted by molar-refractivity contribution is 14.1. The summed E-state index contributed by atoms with van der Waals surface area (Å²) < 4.78 is 13.1. The number of fused-ring (bicyclic) bond motifs is 1. The third-order valence-corrected chi connectivity index (χ3v) is 8.16. The molecule has 0 bridgehead atoms. The Morgan fingerprint density at radius 2 is 2.11 bits per heavy atom. The highest BCUT2D eigenvalue weighted by Gasteiger charge is 2.27. The quantitative estimate of drug-likeness (QED) is 0.410. The zero-order valence-corrected chi connectivity index (χ0v) is 18.9. The van der Waals surface area contributed by atoms with E-state index < -0.39 is 10.8 Å². The predicted octanol–water partition coefficient (Wildman–Crippen LogP) is 6.27. The zero-order chi connectivity index (χ0) is 19.0. The molecule has 2 heterocycles. The van der Waals surface area contributed by atoms with E-state index in [1.165, 1.54) is 45.9 Å². The Bertz CT molecular complexity index is 997. The number of pyridine rings is 1. The number of hydrogen-bond donors (Lipinski definition) is 1. The molecule has 27 heavy (non-hydrogen) atoms. The van der Waals surface area contributed by atoms with Gasteiger partial charge in [-0.05, 0) is 64.8 Å². The first-order chi connectivity index (χ1) is 13.0. The normalized spacial score (nSPS) is 17.4. The number of benzene rings is 1. The Morgan fingerprint density at radius 1 is 1.33 bits per heavy atom. The average Bonchev–Trinajstić information content (AvgIpc) is 3.28. The van der Waals surface area contributed by atoms with E-state index in [2.05, 4.69) is 44.7 Å². The van der Waals surface area contributed by atoms with Crippen LogP contribution >= 0.6 is 34.2 Å². The van der Waals surface area contributed by atoms with E-state index in [9.17, 15) is 4.21 Å². The van der Waals surface area contributed by atoms with Crippen molar-refractivity contribution < 1.29 is 4.21 Å². The highest BCUT2D eigenvalue weighted by Crippen LogP contribution is 2.41. The fourth-order valence-electron chi connectivity index (χ4n) is 4.22. The van der Waals surface area contributed by atoms with Crippen molar-refractivity contribution in [1.82, 2.24) is 9.97 Å². The van der Waals surface area contributed by atoms with Crippen LogP contribution in [0.25, 0.3) is 11.0 Å². The van der Waals surface area contributed by atoms with E-state index >= 15 is 0 Å². The van der Waals surface area contributed by atoms with Gasteiger partial charge < -0.3 is 4.98 Å². The Labute approximate surface area is 180 Å². The van der Waals surface area contributed by atoms with Gasteiger partial charge in [0.15, 0.2) is 0 Å². The molecule has 3 nitrogen and oxygen atoms in total. The topological polar surface area (TPSA) is 45.8 Å². The predicted molar refractivity (Wildman–Crippen MR) is 121 cm³/mol. The molecule has 1 saturated carbocycles. The molecule has 1 N–H and O–H groups in total. The Morgan fingerprint density at radius 3 is 2.78 bits per heavy atom. The summed E-state index contributed by atoms with van der Waals surface area (Å²) in [6.45, 7) is 0. The van der Waals surface area contributed by atoms with Crippen LogP contribution in [0.5, 0.6) is 0 Å². The van der Waals surface area contributed by atoms with Crippen LogP contribution in [0.2, 0.25) is 5.02 Å². The van der Waals surface area contributed by atoms with Gasteiger partial charge in [0.25, 0.3) is 0 Å². The molecule has 2 atom stereocenters. The van der Waals surface area contributed by atoms with Gasteiger partial charge in [0.05, 0.1) is 20.7 Å². The summed E-state index contributed by atoms with van der Waals surface area (Å²) in [6, 6.07) is 10.1. The maximum Gasteiger partial charge on any atom is 0.138 e. The van der Waals surface area contributed by atoms with Gasteiger partial charge in [-0.15, -0.1) is 0 Å². The van der Waals surface area contributed by atoms with Gasteiger partial charge in [-0.2, -0.15) is 0 Å². The van der Waals surface area contributed by atoms with Crippen LogP contribution in [-0.4, -0.2) is 20.4 Å². The molecule has 2 unspecified atom stereocenters. The smallest absolute Gasteiger partial charge is 0.138 e. The molecule has 1 aromatic carbocycles. The Kier molecular flexibility index (Phi) is 5.90. The van der Waals surface area contributed by atoms with Crippen LogP contribution in [0.4, 0.5) is 0 Å². The van der Waals surface area contributed by atoms with Crippen molar-refractivity contribution in [3.8, 4) is 0 Å².